The number of nitrogen functional groups attached to an aromatic ring is 1. The summed E-state index contributed by atoms with van der Waals surface area (Å²) in [6.45, 7) is -0.493. The van der Waals surface area contributed by atoms with Gasteiger partial charge in [-0.2, -0.15) is 13.2 Å². The molecule has 0 bridgehead atoms. The molecule has 3 nitrogen and oxygen atoms in total. The van der Waals surface area contributed by atoms with Crippen LogP contribution in [-0.4, -0.2) is 18.6 Å². The van der Waals surface area contributed by atoms with Crippen LogP contribution in [0.25, 0.3) is 0 Å². The molecule has 0 aliphatic rings. The number of rotatable bonds is 3. The van der Waals surface area contributed by atoms with Crippen LogP contribution in [0.5, 0.6) is 0 Å². The molecule has 0 aliphatic heterocycles. The number of hydrogen-bond acceptors (Lipinski definition) is 2. The van der Waals surface area contributed by atoms with Crippen LogP contribution in [0.3, 0.4) is 0 Å². The van der Waals surface area contributed by atoms with E-state index in [4.69, 9.17) is 17.3 Å². The first-order valence-corrected chi connectivity index (χ1v) is 5.07. The van der Waals surface area contributed by atoms with Crippen molar-refractivity contribution in [2.24, 2.45) is 0 Å². The molecule has 94 valence electrons. The van der Waals surface area contributed by atoms with Crippen molar-refractivity contribution in [2.45, 2.75) is 12.6 Å². The van der Waals surface area contributed by atoms with Gasteiger partial charge in [-0.25, -0.2) is 0 Å². The van der Waals surface area contributed by atoms with Crippen LogP contribution in [-0.2, 0) is 0 Å². The van der Waals surface area contributed by atoms with Crippen LogP contribution < -0.4 is 11.1 Å². The number of carbonyl (C=O) groups excluding carboxylic acids is 1. The smallest absolute Gasteiger partial charge is 0.390 e. The van der Waals surface area contributed by atoms with Crippen molar-refractivity contribution in [3.63, 3.8) is 0 Å². The summed E-state index contributed by atoms with van der Waals surface area (Å²) in [5, 5.41) is 2.27. The highest BCUT2D eigenvalue weighted by Gasteiger charge is 2.26. The molecule has 0 radical (unpaired) electrons. The molecule has 1 aromatic rings. The van der Waals surface area contributed by atoms with E-state index < -0.39 is 25.0 Å². The van der Waals surface area contributed by atoms with Crippen molar-refractivity contribution in [3.8, 4) is 0 Å². The number of nitrogens with one attached hydrogen (secondary N) is 1. The van der Waals surface area contributed by atoms with E-state index in [1.165, 1.54) is 18.2 Å². The van der Waals surface area contributed by atoms with E-state index in [0.29, 0.717) is 5.69 Å². The number of anilines is 1. The monoisotopic (exact) mass is 266 g/mol. The highest BCUT2D eigenvalue weighted by atomic mass is 35.5. The minimum Gasteiger partial charge on any atom is -0.399 e. The lowest BCUT2D eigenvalue weighted by molar-refractivity contribution is -0.132. The summed E-state index contributed by atoms with van der Waals surface area (Å²) in [5.41, 5.74) is 5.82. The fraction of sp³-hybridized carbons (Fsp3) is 0.300. The second-order valence-corrected chi connectivity index (χ2v) is 3.77. The van der Waals surface area contributed by atoms with Crippen LogP contribution in [0.15, 0.2) is 18.2 Å². The molecule has 0 unspecified atom stereocenters. The van der Waals surface area contributed by atoms with Gasteiger partial charge in [0.2, 0.25) is 0 Å². The maximum Gasteiger partial charge on any atom is 0.390 e. The van der Waals surface area contributed by atoms with Crippen LogP contribution in [0.1, 0.15) is 16.8 Å². The zero-order valence-electron chi connectivity index (χ0n) is 8.64. The highest BCUT2D eigenvalue weighted by Crippen LogP contribution is 2.20. The zero-order chi connectivity index (χ0) is 13.1. The predicted molar refractivity (Wildman–Crippen MR) is 58.9 cm³/mol. The average molecular weight is 267 g/mol. The third-order valence-electron chi connectivity index (χ3n) is 1.93. The maximum absolute atomic E-state index is 11.9. The summed E-state index contributed by atoms with van der Waals surface area (Å²) >= 11 is 5.72. The van der Waals surface area contributed by atoms with Crippen LogP contribution in [0.2, 0.25) is 5.02 Å². The lowest BCUT2D eigenvalue weighted by Crippen LogP contribution is -2.28. The quantitative estimate of drug-likeness (QED) is 0.826. The summed E-state index contributed by atoms with van der Waals surface area (Å²) in [7, 11) is 0. The summed E-state index contributed by atoms with van der Waals surface area (Å²) < 4.78 is 35.6. The molecule has 1 amide bonds. The third-order valence-corrected chi connectivity index (χ3v) is 2.26. The molecule has 7 heteroatoms. The van der Waals surface area contributed by atoms with Gasteiger partial charge in [0, 0.05) is 12.2 Å². The zero-order valence-corrected chi connectivity index (χ0v) is 9.40. The second-order valence-electron chi connectivity index (χ2n) is 3.36. The topological polar surface area (TPSA) is 55.1 Å². The number of amides is 1. The molecule has 0 aromatic heterocycles. The van der Waals surface area contributed by atoms with Crippen molar-refractivity contribution in [3.05, 3.63) is 28.8 Å². The first kappa shape index (κ1) is 13.6. The Labute approximate surface area is 101 Å². The van der Waals surface area contributed by atoms with Gasteiger partial charge < -0.3 is 11.1 Å². The van der Waals surface area contributed by atoms with Crippen molar-refractivity contribution in [1.29, 1.82) is 0 Å². The first-order chi connectivity index (χ1) is 7.79. The Kier molecular flexibility index (Phi) is 4.22. The first-order valence-electron chi connectivity index (χ1n) is 4.69. The molecule has 0 spiro atoms. The molecule has 0 saturated carbocycles. The number of carbonyl (C=O) groups is 1. The molecule has 17 heavy (non-hydrogen) atoms. The lowest BCUT2D eigenvalue weighted by Gasteiger charge is -2.09. The average Bonchev–Trinajstić information content (AvgIpc) is 2.19. The minimum absolute atomic E-state index is 0.0637. The Bertz CT molecular complexity index is 421. The number of benzene rings is 1. The molecule has 0 fully saturated rings. The van der Waals surface area contributed by atoms with Gasteiger partial charge in [0.15, 0.2) is 0 Å². The Balaban J connectivity index is 2.61. The summed E-state index contributed by atoms with van der Waals surface area (Å²) in [6.07, 6.45) is -5.38. The maximum atomic E-state index is 11.9. The Morgan fingerprint density at radius 3 is 2.65 bits per heavy atom. The van der Waals surface area contributed by atoms with Gasteiger partial charge in [-0.05, 0) is 18.2 Å². The van der Waals surface area contributed by atoms with Crippen molar-refractivity contribution >= 4 is 23.2 Å². The third kappa shape index (κ3) is 4.52. The minimum atomic E-state index is -4.30. The van der Waals surface area contributed by atoms with Crippen molar-refractivity contribution in [1.82, 2.24) is 5.32 Å². The largest absolute Gasteiger partial charge is 0.399 e. The molecule has 0 aliphatic carbocycles. The van der Waals surface area contributed by atoms with Gasteiger partial charge in [0.05, 0.1) is 17.0 Å². The SMILES string of the molecule is Nc1ccc(Cl)c(C(=O)NCCC(F)(F)F)c1. The van der Waals surface area contributed by atoms with E-state index in [1.807, 2.05) is 0 Å². The van der Waals surface area contributed by atoms with Crippen molar-refractivity contribution < 1.29 is 18.0 Å². The van der Waals surface area contributed by atoms with Gasteiger partial charge in [0.25, 0.3) is 5.91 Å². The van der Waals surface area contributed by atoms with Gasteiger partial charge in [-0.1, -0.05) is 11.6 Å². The van der Waals surface area contributed by atoms with Crippen LogP contribution >= 0.6 is 11.6 Å². The number of hydrogen-bond donors (Lipinski definition) is 2. The fourth-order valence-electron chi connectivity index (χ4n) is 1.13. The van der Waals surface area contributed by atoms with Crippen molar-refractivity contribution in [2.75, 3.05) is 12.3 Å². The lowest BCUT2D eigenvalue weighted by atomic mass is 10.2. The van der Waals surface area contributed by atoms with E-state index in [9.17, 15) is 18.0 Å². The standard InChI is InChI=1S/C10H10ClF3N2O/c11-8-2-1-6(15)5-7(8)9(17)16-4-3-10(12,13)14/h1-2,5H,3-4,15H2,(H,16,17). The van der Waals surface area contributed by atoms with Gasteiger partial charge in [0.1, 0.15) is 0 Å². The fourth-order valence-corrected chi connectivity index (χ4v) is 1.33. The van der Waals surface area contributed by atoms with Gasteiger partial charge in [-0.3, -0.25) is 4.79 Å². The van der Waals surface area contributed by atoms with E-state index in [0.717, 1.165) is 0 Å². The number of alkyl halides is 3. The molecule has 0 saturated heterocycles. The summed E-state index contributed by atoms with van der Waals surface area (Å²) in [6, 6.07) is 4.22. The molecule has 1 aromatic carbocycles. The number of nitrogens with two attached hydrogens (primary N) is 1. The molecule has 0 atom stereocenters. The predicted octanol–water partition coefficient (Wildman–Crippen LogP) is 2.60. The van der Waals surface area contributed by atoms with E-state index in [2.05, 4.69) is 5.32 Å². The van der Waals surface area contributed by atoms with Crippen LogP contribution in [0, 0.1) is 0 Å². The van der Waals surface area contributed by atoms with E-state index in [1.54, 1.807) is 0 Å². The molecule has 1 rings (SSSR count). The summed E-state index contributed by atoms with van der Waals surface area (Å²) in [4.78, 5) is 11.5. The van der Waals surface area contributed by atoms with Gasteiger partial charge >= 0.3 is 6.18 Å². The number of halogens is 4. The molecule has 3 N–H and O–H groups in total. The van der Waals surface area contributed by atoms with Crippen LogP contribution in [0.4, 0.5) is 18.9 Å². The highest BCUT2D eigenvalue weighted by molar-refractivity contribution is 6.34. The van der Waals surface area contributed by atoms with Gasteiger partial charge in [-0.15, -0.1) is 0 Å². The summed E-state index contributed by atoms with van der Waals surface area (Å²) in [5.74, 6) is -0.674. The molecular formula is C10H10ClF3N2O. The van der Waals surface area contributed by atoms with E-state index >= 15 is 0 Å². The second kappa shape index (κ2) is 5.27. The molecular weight excluding hydrogens is 257 g/mol. The Hall–Kier alpha value is -1.43. The Morgan fingerprint density at radius 2 is 2.06 bits per heavy atom. The normalized spacial score (nSPS) is 11.3. The van der Waals surface area contributed by atoms with E-state index in [-0.39, 0.29) is 10.6 Å². The Morgan fingerprint density at radius 1 is 1.41 bits per heavy atom. The molecule has 0 heterocycles.